The van der Waals surface area contributed by atoms with Crippen LogP contribution in [0.4, 0.5) is 4.39 Å². The Kier molecular flexibility index (Phi) is 4.36. The summed E-state index contributed by atoms with van der Waals surface area (Å²) in [5.74, 6) is -1.02. The van der Waals surface area contributed by atoms with Crippen LogP contribution in [0.25, 0.3) is 0 Å². The minimum atomic E-state index is -1.71. The molecule has 0 aromatic rings. The van der Waals surface area contributed by atoms with E-state index in [0.29, 0.717) is 39.0 Å². The Bertz CT molecular complexity index is 455. The molecule has 1 saturated carbocycles. The lowest BCUT2D eigenvalue weighted by atomic mass is 9.81. The van der Waals surface area contributed by atoms with Gasteiger partial charge in [-0.25, -0.2) is 4.39 Å². The average Bonchev–Trinajstić information content (AvgIpc) is 3.05. The lowest BCUT2D eigenvalue weighted by Crippen LogP contribution is -2.52. The first-order chi connectivity index (χ1) is 10.6. The van der Waals surface area contributed by atoms with E-state index in [9.17, 15) is 14.0 Å². The van der Waals surface area contributed by atoms with E-state index in [0.717, 1.165) is 6.42 Å². The van der Waals surface area contributed by atoms with Crippen LogP contribution in [0.5, 0.6) is 0 Å². The van der Waals surface area contributed by atoms with Crippen molar-refractivity contribution >= 4 is 11.8 Å². The zero-order chi connectivity index (χ0) is 15.7. The molecule has 3 aliphatic rings. The third-order valence-electron chi connectivity index (χ3n) is 5.03. The summed E-state index contributed by atoms with van der Waals surface area (Å²) in [6.07, 6.45) is 1.71. The van der Waals surface area contributed by atoms with Gasteiger partial charge in [0, 0.05) is 26.8 Å². The summed E-state index contributed by atoms with van der Waals surface area (Å²) in [5, 5.41) is 2.79. The van der Waals surface area contributed by atoms with Crippen molar-refractivity contribution in [3.05, 3.63) is 0 Å². The molecule has 6 nitrogen and oxygen atoms in total. The molecule has 2 saturated heterocycles. The second kappa shape index (κ2) is 6.12. The molecule has 2 aliphatic heterocycles. The lowest BCUT2D eigenvalue weighted by molar-refractivity contribution is -0.151. The number of halogens is 1. The highest BCUT2D eigenvalue weighted by molar-refractivity contribution is 5.88. The summed E-state index contributed by atoms with van der Waals surface area (Å²) < 4.78 is 25.0. The van der Waals surface area contributed by atoms with Gasteiger partial charge in [-0.05, 0) is 25.7 Å². The van der Waals surface area contributed by atoms with E-state index < -0.39 is 17.5 Å². The molecule has 3 rings (SSSR count). The van der Waals surface area contributed by atoms with Crippen LogP contribution in [0.2, 0.25) is 0 Å². The van der Waals surface area contributed by atoms with Gasteiger partial charge >= 0.3 is 0 Å². The summed E-state index contributed by atoms with van der Waals surface area (Å²) in [5.41, 5.74) is -1.71. The number of nitrogens with one attached hydrogen (secondary N) is 1. The Labute approximate surface area is 129 Å². The molecule has 1 N–H and O–H groups in total. The first-order valence-corrected chi connectivity index (χ1v) is 7.95. The predicted molar refractivity (Wildman–Crippen MR) is 75.9 cm³/mol. The molecule has 0 aromatic carbocycles. The zero-order valence-corrected chi connectivity index (χ0v) is 12.8. The van der Waals surface area contributed by atoms with Gasteiger partial charge in [0.05, 0.1) is 24.7 Å². The van der Waals surface area contributed by atoms with Crippen molar-refractivity contribution in [1.29, 1.82) is 0 Å². The number of rotatable bonds is 5. The summed E-state index contributed by atoms with van der Waals surface area (Å²) in [7, 11) is 1.57. The first kappa shape index (κ1) is 15.7. The largest absolute Gasteiger partial charge is 0.383 e. The monoisotopic (exact) mass is 314 g/mol. The van der Waals surface area contributed by atoms with Crippen LogP contribution in [0.3, 0.4) is 0 Å². The smallest absolute Gasteiger partial charge is 0.260 e. The molecule has 2 amide bonds. The van der Waals surface area contributed by atoms with Crippen molar-refractivity contribution in [3.8, 4) is 0 Å². The van der Waals surface area contributed by atoms with Gasteiger partial charge in [0.15, 0.2) is 5.67 Å². The highest BCUT2D eigenvalue weighted by Crippen LogP contribution is 2.42. The van der Waals surface area contributed by atoms with Gasteiger partial charge in [-0.15, -0.1) is 0 Å². The number of likely N-dealkylation sites (tertiary alicyclic amines) is 1. The highest BCUT2D eigenvalue weighted by atomic mass is 19.1. The number of methoxy groups -OCH3 is 1. The van der Waals surface area contributed by atoms with Crippen molar-refractivity contribution in [3.63, 3.8) is 0 Å². The van der Waals surface area contributed by atoms with Gasteiger partial charge in [-0.3, -0.25) is 9.59 Å². The molecule has 3 fully saturated rings. The SMILES string of the molecule is COCCNC(=O)[C@H]1CN(C(=O)C2(F)CCC2)[C@@H]2CCO[C@H]12. The van der Waals surface area contributed by atoms with E-state index in [1.807, 2.05) is 0 Å². The molecular weight excluding hydrogens is 291 g/mol. The fourth-order valence-corrected chi connectivity index (χ4v) is 3.60. The van der Waals surface area contributed by atoms with Crippen molar-refractivity contribution < 1.29 is 23.5 Å². The van der Waals surface area contributed by atoms with Crippen molar-refractivity contribution in [2.45, 2.75) is 43.5 Å². The van der Waals surface area contributed by atoms with Crippen LogP contribution in [0, 0.1) is 5.92 Å². The number of alkyl halides is 1. The Hall–Kier alpha value is -1.21. The van der Waals surface area contributed by atoms with Crippen molar-refractivity contribution in [2.75, 3.05) is 33.4 Å². The van der Waals surface area contributed by atoms with Gasteiger partial charge in [0.2, 0.25) is 5.91 Å². The second-order valence-corrected chi connectivity index (χ2v) is 6.36. The molecule has 0 bridgehead atoms. The number of ether oxygens (including phenoxy) is 2. The van der Waals surface area contributed by atoms with Crippen molar-refractivity contribution in [1.82, 2.24) is 10.2 Å². The molecule has 124 valence electrons. The molecular formula is C15H23FN2O4. The molecule has 3 atom stereocenters. The summed E-state index contributed by atoms with van der Waals surface area (Å²) >= 11 is 0. The molecule has 0 unspecified atom stereocenters. The molecule has 7 heteroatoms. The maximum atomic E-state index is 14.4. The molecule has 0 aromatic heterocycles. The zero-order valence-electron chi connectivity index (χ0n) is 12.8. The third-order valence-corrected chi connectivity index (χ3v) is 5.03. The Morgan fingerprint density at radius 1 is 1.45 bits per heavy atom. The summed E-state index contributed by atoms with van der Waals surface area (Å²) in [6, 6.07) is -0.168. The van der Waals surface area contributed by atoms with Crippen LogP contribution in [0.1, 0.15) is 25.7 Å². The quantitative estimate of drug-likeness (QED) is 0.739. The van der Waals surface area contributed by atoms with Crippen molar-refractivity contribution in [2.24, 2.45) is 5.92 Å². The average molecular weight is 314 g/mol. The highest BCUT2D eigenvalue weighted by Gasteiger charge is 2.56. The van der Waals surface area contributed by atoms with E-state index in [4.69, 9.17) is 9.47 Å². The Morgan fingerprint density at radius 3 is 2.86 bits per heavy atom. The second-order valence-electron chi connectivity index (χ2n) is 6.36. The number of carbonyl (C=O) groups excluding carboxylic acids is 2. The topological polar surface area (TPSA) is 67.9 Å². The number of hydrogen-bond acceptors (Lipinski definition) is 4. The van der Waals surface area contributed by atoms with E-state index in [2.05, 4.69) is 5.32 Å². The molecule has 1 aliphatic carbocycles. The molecule has 0 radical (unpaired) electrons. The summed E-state index contributed by atoms with van der Waals surface area (Å²) in [6.45, 7) is 1.62. The molecule has 0 spiro atoms. The van der Waals surface area contributed by atoms with Gasteiger partial charge in [-0.2, -0.15) is 0 Å². The van der Waals surface area contributed by atoms with Crippen LogP contribution < -0.4 is 5.32 Å². The molecule has 2 heterocycles. The fraction of sp³-hybridized carbons (Fsp3) is 0.867. The number of nitrogens with zero attached hydrogens (tertiary/aromatic N) is 1. The number of amides is 2. The minimum Gasteiger partial charge on any atom is -0.383 e. The first-order valence-electron chi connectivity index (χ1n) is 7.95. The van der Waals surface area contributed by atoms with Crippen LogP contribution in [-0.4, -0.2) is 67.9 Å². The minimum absolute atomic E-state index is 0.147. The summed E-state index contributed by atoms with van der Waals surface area (Å²) in [4.78, 5) is 26.3. The maximum absolute atomic E-state index is 14.4. The van der Waals surface area contributed by atoms with E-state index in [1.165, 1.54) is 0 Å². The van der Waals surface area contributed by atoms with E-state index >= 15 is 0 Å². The van der Waals surface area contributed by atoms with Crippen LogP contribution in [-0.2, 0) is 19.1 Å². The van der Waals surface area contributed by atoms with Crippen LogP contribution in [0.15, 0.2) is 0 Å². The number of fused-ring (bicyclic) bond motifs is 1. The van der Waals surface area contributed by atoms with E-state index in [1.54, 1.807) is 12.0 Å². The molecule has 22 heavy (non-hydrogen) atoms. The van der Waals surface area contributed by atoms with E-state index in [-0.39, 0.29) is 24.6 Å². The number of hydrogen-bond donors (Lipinski definition) is 1. The van der Waals surface area contributed by atoms with Gasteiger partial charge in [0.25, 0.3) is 5.91 Å². The number of carbonyl (C=O) groups is 2. The van der Waals surface area contributed by atoms with Gasteiger partial charge in [0.1, 0.15) is 0 Å². The van der Waals surface area contributed by atoms with Gasteiger partial charge in [-0.1, -0.05) is 0 Å². The normalized spacial score (nSPS) is 32.5. The lowest BCUT2D eigenvalue weighted by Gasteiger charge is -2.37. The standard InChI is InChI=1S/C15H23FN2O4/c1-21-8-6-17-13(19)10-9-18(11-3-7-22-12(10)11)14(20)15(16)4-2-5-15/h10-12H,2-9H2,1H3,(H,17,19)/t10-,11+,12+/m0/s1. The predicted octanol–water partition coefficient (Wildman–Crippen LogP) is 0.257. The van der Waals surface area contributed by atoms with Gasteiger partial charge < -0.3 is 19.7 Å². The fourth-order valence-electron chi connectivity index (χ4n) is 3.60. The Morgan fingerprint density at radius 2 is 2.23 bits per heavy atom. The Balaban J connectivity index is 1.67. The van der Waals surface area contributed by atoms with Crippen LogP contribution >= 0.6 is 0 Å². The third kappa shape index (κ3) is 2.60. The maximum Gasteiger partial charge on any atom is 0.260 e.